The zero-order valence-corrected chi connectivity index (χ0v) is 13.7. The summed E-state index contributed by atoms with van der Waals surface area (Å²) in [4.78, 5) is 4.51. The van der Waals surface area contributed by atoms with Gasteiger partial charge >= 0.3 is 0 Å². The largest absolute Gasteiger partial charge is 0.381 e. The Kier molecular flexibility index (Phi) is 3.58. The van der Waals surface area contributed by atoms with E-state index in [0.717, 1.165) is 51.0 Å². The minimum Gasteiger partial charge on any atom is -0.381 e. The smallest absolute Gasteiger partial charge is 0.230 e. The minimum absolute atomic E-state index is 0.178. The van der Waals surface area contributed by atoms with Gasteiger partial charge in [-0.15, -0.1) is 5.10 Å². The Balaban J connectivity index is 1.39. The highest BCUT2D eigenvalue weighted by Gasteiger charge is 2.31. The van der Waals surface area contributed by atoms with E-state index in [4.69, 9.17) is 13.8 Å². The van der Waals surface area contributed by atoms with Crippen LogP contribution in [0, 0.1) is 0 Å². The summed E-state index contributed by atoms with van der Waals surface area (Å²) in [6.07, 6.45) is 6.09. The average molecular weight is 342 g/mol. The molecule has 1 aliphatic carbocycles. The van der Waals surface area contributed by atoms with Gasteiger partial charge in [0.15, 0.2) is 5.69 Å². The third-order valence-corrected chi connectivity index (χ3v) is 5.04. The third kappa shape index (κ3) is 2.64. The van der Waals surface area contributed by atoms with Crippen molar-refractivity contribution >= 4 is 0 Å². The van der Waals surface area contributed by atoms with Gasteiger partial charge in [0.2, 0.25) is 11.7 Å². The van der Waals surface area contributed by atoms with Gasteiger partial charge in [0.1, 0.15) is 6.26 Å². The summed E-state index contributed by atoms with van der Waals surface area (Å²) in [5.41, 5.74) is 2.88. The molecule has 130 valence electrons. The number of fused-ring (bicyclic) bond motifs is 1. The van der Waals surface area contributed by atoms with Crippen molar-refractivity contribution in [1.82, 2.24) is 30.3 Å². The molecule has 3 aromatic rings. The average Bonchev–Trinajstić information content (AvgIpc) is 3.40. The van der Waals surface area contributed by atoms with Crippen LogP contribution < -0.4 is 0 Å². The Labute approximate surface area is 143 Å². The van der Waals surface area contributed by atoms with Gasteiger partial charge in [0.05, 0.1) is 17.4 Å². The van der Waals surface area contributed by atoms with Gasteiger partial charge in [-0.25, -0.2) is 4.68 Å². The van der Waals surface area contributed by atoms with Gasteiger partial charge < -0.3 is 13.8 Å². The van der Waals surface area contributed by atoms with Crippen LogP contribution in [-0.2, 0) is 17.6 Å². The van der Waals surface area contributed by atoms with Crippen molar-refractivity contribution in [3.8, 4) is 11.5 Å². The molecule has 0 amide bonds. The summed E-state index contributed by atoms with van der Waals surface area (Å²) in [5, 5.41) is 16.7. The van der Waals surface area contributed by atoms with Crippen molar-refractivity contribution in [2.24, 2.45) is 0 Å². The first-order chi connectivity index (χ1) is 12.4. The number of hydrogen-bond acceptors (Lipinski definition) is 8. The number of ether oxygens (including phenoxy) is 1. The normalized spacial score (nSPS) is 21.4. The number of hydrogen-bond donors (Lipinski definition) is 0. The fraction of sp³-hybridized carbons (Fsp3) is 0.562. The van der Waals surface area contributed by atoms with Crippen molar-refractivity contribution < 1.29 is 13.8 Å². The van der Waals surface area contributed by atoms with Crippen molar-refractivity contribution in [2.45, 2.75) is 44.1 Å². The second-order valence-corrected chi connectivity index (χ2v) is 6.55. The van der Waals surface area contributed by atoms with Crippen molar-refractivity contribution in [3.63, 3.8) is 0 Å². The zero-order valence-electron chi connectivity index (χ0n) is 13.7. The zero-order chi connectivity index (χ0) is 16.6. The van der Waals surface area contributed by atoms with E-state index in [1.807, 2.05) is 0 Å². The third-order valence-electron chi connectivity index (χ3n) is 5.04. The topological polar surface area (TPSA) is 105 Å². The van der Waals surface area contributed by atoms with Gasteiger partial charge in [-0.2, -0.15) is 4.98 Å². The van der Waals surface area contributed by atoms with Crippen LogP contribution in [0.15, 0.2) is 21.4 Å². The van der Waals surface area contributed by atoms with E-state index >= 15 is 0 Å². The molecule has 5 rings (SSSR count). The molecule has 2 aliphatic rings. The first-order valence-corrected chi connectivity index (χ1v) is 8.63. The summed E-state index contributed by atoms with van der Waals surface area (Å²) in [6, 6.07) is 2.09. The summed E-state index contributed by atoms with van der Waals surface area (Å²) < 4.78 is 17.9. The molecular weight excluding hydrogens is 324 g/mol. The molecule has 0 bridgehead atoms. The van der Waals surface area contributed by atoms with E-state index in [9.17, 15) is 0 Å². The van der Waals surface area contributed by atoms with E-state index in [2.05, 4.69) is 30.3 Å². The second kappa shape index (κ2) is 6.07. The number of rotatable bonds is 3. The van der Waals surface area contributed by atoms with Gasteiger partial charge in [-0.1, -0.05) is 15.5 Å². The maximum atomic E-state index is 5.49. The maximum absolute atomic E-state index is 5.49. The molecule has 1 aliphatic heterocycles. The predicted octanol–water partition coefficient (Wildman–Crippen LogP) is 1.94. The van der Waals surface area contributed by atoms with Crippen LogP contribution in [0.1, 0.15) is 48.5 Å². The number of aryl methyl sites for hydroxylation is 1. The van der Waals surface area contributed by atoms with Crippen molar-refractivity contribution in [1.29, 1.82) is 0 Å². The Morgan fingerprint density at radius 1 is 1.12 bits per heavy atom. The molecule has 9 nitrogen and oxygen atoms in total. The van der Waals surface area contributed by atoms with Gasteiger partial charge in [-0.3, -0.25) is 0 Å². The summed E-state index contributed by atoms with van der Waals surface area (Å²) in [5.74, 6) is 1.28. The Hall–Kier alpha value is -2.55. The summed E-state index contributed by atoms with van der Waals surface area (Å²) >= 11 is 0. The molecule has 0 radical (unpaired) electrons. The van der Waals surface area contributed by atoms with Gasteiger partial charge in [-0.05, 0) is 25.7 Å². The molecule has 9 heteroatoms. The van der Waals surface area contributed by atoms with Crippen LogP contribution >= 0.6 is 0 Å². The molecule has 0 N–H and O–H groups in total. The molecule has 0 spiro atoms. The van der Waals surface area contributed by atoms with Gasteiger partial charge in [0.25, 0.3) is 0 Å². The summed E-state index contributed by atoms with van der Waals surface area (Å²) in [7, 11) is 0. The highest BCUT2D eigenvalue weighted by atomic mass is 16.5. The van der Waals surface area contributed by atoms with Crippen LogP contribution in [0.4, 0.5) is 0 Å². The lowest BCUT2D eigenvalue weighted by Gasteiger charge is -2.26. The fourth-order valence-electron chi connectivity index (χ4n) is 3.66. The molecule has 1 atom stereocenters. The predicted molar refractivity (Wildman–Crippen MR) is 83.7 cm³/mol. The van der Waals surface area contributed by atoms with Crippen LogP contribution in [-0.4, -0.2) is 43.5 Å². The summed E-state index contributed by atoms with van der Waals surface area (Å²) in [6.45, 7) is 1.57. The van der Waals surface area contributed by atoms with E-state index in [0.29, 0.717) is 23.5 Å². The molecule has 4 heterocycles. The van der Waals surface area contributed by atoms with E-state index < -0.39 is 0 Å². The van der Waals surface area contributed by atoms with E-state index in [-0.39, 0.29) is 5.92 Å². The minimum atomic E-state index is 0.178. The molecule has 0 saturated carbocycles. The van der Waals surface area contributed by atoms with Crippen LogP contribution in [0.5, 0.6) is 0 Å². The Morgan fingerprint density at radius 2 is 2.04 bits per heavy atom. The standard InChI is InChI=1S/C16H18N6O3/c1-2-12-14(22(21-18-12)11-3-6-23-7-4-11)9-10(1)16-17-15(20-25-16)13-5-8-24-19-13/h5,8,10-11H,1-4,6-7,9H2. The first-order valence-electron chi connectivity index (χ1n) is 8.63. The van der Waals surface area contributed by atoms with Crippen molar-refractivity contribution in [3.05, 3.63) is 29.6 Å². The van der Waals surface area contributed by atoms with Crippen LogP contribution in [0.2, 0.25) is 0 Å². The molecule has 1 fully saturated rings. The molecule has 3 aromatic heterocycles. The lowest BCUT2D eigenvalue weighted by molar-refractivity contribution is 0.0647. The molecule has 25 heavy (non-hydrogen) atoms. The second-order valence-electron chi connectivity index (χ2n) is 6.55. The molecule has 1 unspecified atom stereocenters. The maximum Gasteiger partial charge on any atom is 0.230 e. The quantitative estimate of drug-likeness (QED) is 0.711. The fourth-order valence-corrected chi connectivity index (χ4v) is 3.66. The molecular formula is C16H18N6O3. The Morgan fingerprint density at radius 3 is 2.88 bits per heavy atom. The van der Waals surface area contributed by atoms with Crippen molar-refractivity contribution in [2.75, 3.05) is 13.2 Å². The first kappa shape index (κ1) is 14.8. The van der Waals surface area contributed by atoms with E-state index in [1.165, 1.54) is 12.0 Å². The van der Waals surface area contributed by atoms with Crippen LogP contribution in [0.25, 0.3) is 11.5 Å². The van der Waals surface area contributed by atoms with Crippen LogP contribution in [0.3, 0.4) is 0 Å². The monoisotopic (exact) mass is 342 g/mol. The Bertz CT molecular complexity index is 849. The molecule has 1 saturated heterocycles. The lowest BCUT2D eigenvalue weighted by atomic mass is 9.89. The number of aromatic nitrogens is 6. The highest BCUT2D eigenvalue weighted by Crippen LogP contribution is 2.34. The van der Waals surface area contributed by atoms with E-state index in [1.54, 1.807) is 6.07 Å². The number of nitrogens with zero attached hydrogens (tertiary/aromatic N) is 6. The molecule has 0 aromatic carbocycles. The van der Waals surface area contributed by atoms with Gasteiger partial charge in [0, 0.05) is 31.6 Å². The lowest BCUT2D eigenvalue weighted by Crippen LogP contribution is -2.24. The highest BCUT2D eigenvalue weighted by molar-refractivity contribution is 5.46. The SMILES string of the molecule is c1cc(-c2noc(C3CCc4nnn(C5CCOCC5)c4C3)n2)no1.